The molecule has 27 heavy (non-hydrogen) atoms. The molecule has 1 aromatic heterocycles. The van der Waals surface area contributed by atoms with Crippen LogP contribution in [0.3, 0.4) is 0 Å². The quantitative estimate of drug-likeness (QED) is 0.857. The molecule has 0 saturated carbocycles. The van der Waals surface area contributed by atoms with Gasteiger partial charge >= 0.3 is 0 Å². The smallest absolute Gasteiger partial charge is 0.280 e. The molecular formula is C20H28ClN5O. The Balaban J connectivity index is 0.00000210. The first kappa shape index (κ1) is 19.8. The molecule has 1 N–H and O–H groups in total. The minimum absolute atomic E-state index is 0. The van der Waals surface area contributed by atoms with E-state index in [9.17, 15) is 4.79 Å². The van der Waals surface area contributed by atoms with Crippen LogP contribution >= 0.6 is 12.4 Å². The maximum atomic E-state index is 13.0. The molecule has 146 valence electrons. The third kappa shape index (κ3) is 3.87. The molecule has 2 aliphatic rings. The predicted molar refractivity (Wildman–Crippen MR) is 109 cm³/mol. The van der Waals surface area contributed by atoms with Crippen molar-refractivity contribution in [3.63, 3.8) is 0 Å². The molecule has 0 aliphatic carbocycles. The van der Waals surface area contributed by atoms with Crippen molar-refractivity contribution in [2.75, 3.05) is 24.5 Å². The van der Waals surface area contributed by atoms with E-state index in [1.54, 1.807) is 0 Å². The van der Waals surface area contributed by atoms with Crippen molar-refractivity contribution in [1.82, 2.24) is 20.3 Å². The summed E-state index contributed by atoms with van der Waals surface area (Å²) in [6.45, 7) is 9.33. The maximum absolute atomic E-state index is 13.0. The summed E-state index contributed by atoms with van der Waals surface area (Å²) in [5.41, 5.74) is 4.12. The summed E-state index contributed by atoms with van der Waals surface area (Å²) in [7, 11) is 0. The number of hydrogen-bond donors (Lipinski definition) is 1. The van der Waals surface area contributed by atoms with Gasteiger partial charge in [0, 0.05) is 12.2 Å². The van der Waals surface area contributed by atoms with Crippen LogP contribution in [-0.2, 0) is 11.8 Å². The number of carbonyl (C=O) groups excluding carboxylic acids is 1. The van der Waals surface area contributed by atoms with E-state index in [-0.39, 0.29) is 23.7 Å². The summed E-state index contributed by atoms with van der Waals surface area (Å²) in [6.07, 6.45) is 4.77. The summed E-state index contributed by atoms with van der Waals surface area (Å²) in [6, 6.07) is 6.80. The lowest BCUT2D eigenvalue weighted by molar-refractivity contribution is 0.0984. The highest BCUT2D eigenvalue weighted by Gasteiger charge is 2.29. The van der Waals surface area contributed by atoms with Gasteiger partial charge in [-0.2, -0.15) is 0 Å². The number of halogens is 1. The molecule has 6 nitrogen and oxygen atoms in total. The summed E-state index contributed by atoms with van der Waals surface area (Å²) in [5.74, 6) is -0.0487. The number of piperidine rings is 1. The average molecular weight is 390 g/mol. The molecule has 1 amide bonds. The SMILES string of the molecule is CC(C)(C)c1ccc2c(c1)CCN2C(=O)c1cn(C2CCNCC2)nn1.Cl. The Hall–Kier alpha value is -1.92. The minimum Gasteiger partial charge on any atom is -0.317 e. The second kappa shape index (κ2) is 7.60. The van der Waals surface area contributed by atoms with Crippen LogP contribution in [0.5, 0.6) is 0 Å². The van der Waals surface area contributed by atoms with Crippen molar-refractivity contribution in [3.8, 4) is 0 Å². The Labute approximate surface area is 166 Å². The third-order valence-corrected chi connectivity index (χ3v) is 5.50. The number of anilines is 1. The molecule has 0 radical (unpaired) electrons. The van der Waals surface area contributed by atoms with Crippen LogP contribution in [0.25, 0.3) is 0 Å². The van der Waals surface area contributed by atoms with E-state index in [1.807, 2.05) is 15.8 Å². The molecule has 1 fully saturated rings. The van der Waals surface area contributed by atoms with E-state index in [0.29, 0.717) is 18.3 Å². The zero-order chi connectivity index (χ0) is 18.3. The van der Waals surface area contributed by atoms with Gasteiger partial charge in [0.1, 0.15) is 0 Å². The molecule has 7 heteroatoms. The number of hydrogen-bond acceptors (Lipinski definition) is 4. The maximum Gasteiger partial charge on any atom is 0.280 e. The number of nitrogens with one attached hydrogen (secondary N) is 1. The summed E-state index contributed by atoms with van der Waals surface area (Å²) in [4.78, 5) is 14.8. The fraction of sp³-hybridized carbons (Fsp3) is 0.550. The molecule has 2 aromatic rings. The fourth-order valence-electron chi connectivity index (χ4n) is 3.84. The molecule has 1 aromatic carbocycles. The molecule has 3 heterocycles. The fourth-order valence-corrected chi connectivity index (χ4v) is 3.84. The molecule has 0 unspecified atom stereocenters. The standard InChI is InChI=1S/C20H27N5O.ClH/c1-20(2,3)15-4-5-18-14(12-15)8-11-24(18)19(26)17-13-25(23-22-17)16-6-9-21-10-7-16;/h4-5,12-13,16,21H,6-11H2,1-3H3;1H. The summed E-state index contributed by atoms with van der Waals surface area (Å²) < 4.78 is 1.87. The molecule has 0 spiro atoms. The van der Waals surface area contributed by atoms with Crippen LogP contribution in [0.15, 0.2) is 24.4 Å². The van der Waals surface area contributed by atoms with E-state index < -0.39 is 0 Å². The second-order valence-corrected chi connectivity index (χ2v) is 8.37. The number of carbonyl (C=O) groups is 1. The van der Waals surface area contributed by atoms with Gasteiger partial charge in [-0.05, 0) is 55.0 Å². The monoisotopic (exact) mass is 389 g/mol. The van der Waals surface area contributed by atoms with Crippen LogP contribution in [0.1, 0.15) is 61.3 Å². The topological polar surface area (TPSA) is 63.1 Å². The molecular weight excluding hydrogens is 362 g/mol. The van der Waals surface area contributed by atoms with Gasteiger partial charge in [-0.1, -0.05) is 38.1 Å². The van der Waals surface area contributed by atoms with Crippen molar-refractivity contribution in [3.05, 3.63) is 41.2 Å². The van der Waals surface area contributed by atoms with Gasteiger partial charge in [0.2, 0.25) is 0 Å². The molecule has 1 saturated heterocycles. The lowest BCUT2D eigenvalue weighted by atomic mass is 9.86. The Bertz CT molecular complexity index is 820. The average Bonchev–Trinajstić information content (AvgIpc) is 3.28. The number of rotatable bonds is 2. The third-order valence-electron chi connectivity index (χ3n) is 5.50. The lowest BCUT2D eigenvalue weighted by Crippen LogP contribution is -2.30. The van der Waals surface area contributed by atoms with Gasteiger partial charge < -0.3 is 10.2 Å². The molecule has 2 aliphatic heterocycles. The van der Waals surface area contributed by atoms with Gasteiger partial charge in [-0.3, -0.25) is 4.79 Å². The number of aromatic nitrogens is 3. The van der Waals surface area contributed by atoms with Crippen LogP contribution < -0.4 is 10.2 Å². The van der Waals surface area contributed by atoms with Gasteiger partial charge in [0.05, 0.1) is 12.2 Å². The first-order valence-corrected chi connectivity index (χ1v) is 9.51. The molecule has 4 rings (SSSR count). The zero-order valence-corrected chi connectivity index (χ0v) is 17.1. The predicted octanol–water partition coefficient (Wildman–Crippen LogP) is 3.12. The largest absolute Gasteiger partial charge is 0.317 e. The van der Waals surface area contributed by atoms with Gasteiger partial charge in [0.25, 0.3) is 5.91 Å². The number of amides is 1. The first-order chi connectivity index (χ1) is 12.4. The van der Waals surface area contributed by atoms with Crippen molar-refractivity contribution < 1.29 is 4.79 Å². The highest BCUT2D eigenvalue weighted by Crippen LogP contribution is 2.33. The van der Waals surface area contributed by atoms with Gasteiger partial charge in [0.15, 0.2) is 5.69 Å². The van der Waals surface area contributed by atoms with Crippen LogP contribution in [-0.4, -0.2) is 40.5 Å². The molecule has 0 bridgehead atoms. The van der Waals surface area contributed by atoms with Crippen LogP contribution in [0.2, 0.25) is 0 Å². The Morgan fingerprint density at radius 3 is 2.67 bits per heavy atom. The Kier molecular flexibility index (Phi) is 5.58. The Morgan fingerprint density at radius 2 is 1.96 bits per heavy atom. The van der Waals surface area contributed by atoms with Crippen LogP contribution in [0, 0.1) is 0 Å². The van der Waals surface area contributed by atoms with E-state index in [2.05, 4.69) is 54.6 Å². The van der Waals surface area contributed by atoms with Crippen LogP contribution in [0.4, 0.5) is 5.69 Å². The highest BCUT2D eigenvalue weighted by molar-refractivity contribution is 6.05. The normalized spacial score (nSPS) is 17.5. The number of fused-ring (bicyclic) bond motifs is 1. The summed E-state index contributed by atoms with van der Waals surface area (Å²) >= 11 is 0. The Morgan fingerprint density at radius 1 is 1.22 bits per heavy atom. The van der Waals surface area contributed by atoms with Crippen molar-refractivity contribution in [2.45, 2.75) is 51.5 Å². The van der Waals surface area contributed by atoms with E-state index in [1.165, 1.54) is 11.1 Å². The lowest BCUT2D eigenvalue weighted by Gasteiger charge is -2.22. The van der Waals surface area contributed by atoms with Crippen molar-refractivity contribution in [1.29, 1.82) is 0 Å². The van der Waals surface area contributed by atoms with Gasteiger partial charge in [-0.15, -0.1) is 17.5 Å². The number of benzene rings is 1. The van der Waals surface area contributed by atoms with E-state index in [4.69, 9.17) is 0 Å². The summed E-state index contributed by atoms with van der Waals surface area (Å²) in [5, 5.41) is 11.7. The van der Waals surface area contributed by atoms with Gasteiger partial charge in [-0.25, -0.2) is 4.68 Å². The van der Waals surface area contributed by atoms with Crippen molar-refractivity contribution >= 4 is 24.0 Å². The van der Waals surface area contributed by atoms with Crippen molar-refractivity contribution in [2.24, 2.45) is 0 Å². The van der Waals surface area contributed by atoms with E-state index in [0.717, 1.165) is 38.0 Å². The second-order valence-electron chi connectivity index (χ2n) is 8.37. The number of nitrogens with zero attached hydrogens (tertiary/aromatic N) is 4. The minimum atomic E-state index is -0.0487. The zero-order valence-electron chi connectivity index (χ0n) is 16.2. The van der Waals surface area contributed by atoms with E-state index >= 15 is 0 Å². The highest BCUT2D eigenvalue weighted by atomic mass is 35.5. The first-order valence-electron chi connectivity index (χ1n) is 9.51. The molecule has 0 atom stereocenters.